The van der Waals surface area contributed by atoms with Crippen LogP contribution >= 0.6 is 28.0 Å². The van der Waals surface area contributed by atoms with E-state index in [1.165, 1.54) is 0 Å². The summed E-state index contributed by atoms with van der Waals surface area (Å²) in [7, 11) is 0. The van der Waals surface area contributed by atoms with Crippen LogP contribution in [0.15, 0.2) is 0 Å². The molecule has 0 aliphatic rings. The second-order valence-electron chi connectivity index (χ2n) is 11.0. The van der Waals surface area contributed by atoms with E-state index in [2.05, 4.69) is 100.0 Å². The topological polar surface area (TPSA) is 0 Å². The molecule has 0 bridgehead atoms. The van der Waals surface area contributed by atoms with Gasteiger partial charge in [-0.15, -0.1) is 0 Å². The molecule has 6 heteroatoms. The number of hydrogen-bond acceptors (Lipinski definition) is 0. The predicted molar refractivity (Wildman–Crippen MR) is 130 cm³/mol. The molecule has 0 amide bonds. The van der Waals surface area contributed by atoms with Gasteiger partial charge in [0, 0.05) is 0 Å². The zero-order valence-corrected chi connectivity index (χ0v) is 24.6. The van der Waals surface area contributed by atoms with Gasteiger partial charge in [0.05, 0.1) is 0 Å². The van der Waals surface area contributed by atoms with E-state index in [0.29, 0.717) is 0 Å². The Bertz CT molecular complexity index is 297. The molecule has 0 aromatic carbocycles. The van der Waals surface area contributed by atoms with E-state index in [4.69, 9.17) is 0 Å². The van der Waals surface area contributed by atoms with Gasteiger partial charge in [-0.1, -0.05) is 0 Å². The summed E-state index contributed by atoms with van der Waals surface area (Å²) < 4.78 is 0. The molecule has 0 saturated heterocycles. The van der Waals surface area contributed by atoms with E-state index in [0.717, 1.165) is 0 Å². The van der Waals surface area contributed by atoms with E-state index in [9.17, 15) is 0 Å². The van der Waals surface area contributed by atoms with Gasteiger partial charge in [-0.2, -0.15) is 0 Å². The fraction of sp³-hybridized carbons (Fsp3) is 1.00. The second-order valence-corrected chi connectivity index (χ2v) is 117. The third-order valence-corrected chi connectivity index (χ3v) is 282. The Labute approximate surface area is 138 Å². The summed E-state index contributed by atoms with van der Waals surface area (Å²) in [6.45, 7) is 42.4. The molecule has 143 valence electrons. The Kier molecular flexibility index (Phi) is 6.68. The first-order valence-corrected chi connectivity index (χ1v) is 38.2. The van der Waals surface area contributed by atoms with Gasteiger partial charge in [0.15, 0.2) is 0 Å². The molecule has 0 rings (SSSR count). The van der Waals surface area contributed by atoms with Crippen molar-refractivity contribution in [3.05, 3.63) is 0 Å². The van der Waals surface area contributed by atoms with Gasteiger partial charge in [0.1, 0.15) is 0 Å². The number of hydrogen-bond donors (Lipinski definition) is 0. The molecule has 0 aromatic rings. The Morgan fingerprint density at radius 1 is 0.286 bits per heavy atom. The van der Waals surface area contributed by atoms with Gasteiger partial charge in [-0.05, 0) is 0 Å². The zero-order chi connectivity index (χ0) is 17.9. The van der Waals surface area contributed by atoms with Crippen molar-refractivity contribution < 1.29 is 11.2 Å². The van der Waals surface area contributed by atoms with Crippen molar-refractivity contribution in [1.82, 2.24) is 0 Å². The summed E-state index contributed by atoms with van der Waals surface area (Å²) in [6, 6.07) is 0. The van der Waals surface area contributed by atoms with Gasteiger partial charge in [-0.3, -0.25) is 0 Å². The van der Waals surface area contributed by atoms with Crippen molar-refractivity contribution in [2.45, 2.75) is 0 Å². The summed E-state index contributed by atoms with van der Waals surface area (Å²) in [5, 5.41) is 0. The molecule has 0 saturated carbocycles. The van der Waals surface area contributed by atoms with Crippen LogP contribution in [0, 0.1) is 0 Å². The normalized spacial score (nSPS) is 22.1. The first kappa shape index (κ1) is 23.8. The molecule has 0 radical (unpaired) electrons. The van der Waals surface area contributed by atoms with E-state index in [-0.39, 0.29) is 0 Å². The van der Waals surface area contributed by atoms with E-state index >= 15 is 0 Å². The van der Waals surface area contributed by atoms with Crippen LogP contribution in [0.4, 0.5) is 0 Å². The SMILES string of the molecule is C[PH](C)(C)[Ru]([PH](C)(C)C)([PH](C)(C)C)([PH](C)(C)C)[PH](C)(C)C. The van der Waals surface area contributed by atoms with Crippen LogP contribution in [-0.2, 0) is 11.2 Å². The molecule has 0 aromatic heterocycles. The number of rotatable bonds is 5. The summed E-state index contributed by atoms with van der Waals surface area (Å²) in [6.07, 6.45) is 0. The molecule has 0 atom stereocenters. The summed E-state index contributed by atoms with van der Waals surface area (Å²) >= 11 is -2.42. The fourth-order valence-electron chi connectivity index (χ4n) is 7.95. The standard InChI is InChI=1S/5C3H9P.Ru/c5*1-4(2)3;/h5*1-3H3;/q;;;;;-5/p+5. The zero-order valence-electron chi connectivity index (χ0n) is 17.9. The van der Waals surface area contributed by atoms with Gasteiger partial charge < -0.3 is 0 Å². The Morgan fingerprint density at radius 3 is 0.381 bits per heavy atom. The molecule has 0 aliphatic heterocycles. The van der Waals surface area contributed by atoms with Crippen molar-refractivity contribution in [2.24, 2.45) is 0 Å². The van der Waals surface area contributed by atoms with Crippen LogP contribution in [0.25, 0.3) is 0 Å². The minimum absolute atomic E-state index is 1.20. The Balaban J connectivity index is 7.73. The van der Waals surface area contributed by atoms with Crippen molar-refractivity contribution >= 4 is 28.0 Å². The summed E-state index contributed by atoms with van der Waals surface area (Å²) in [5.41, 5.74) is -6.02. The van der Waals surface area contributed by atoms with Gasteiger partial charge in [0.25, 0.3) is 0 Å². The van der Waals surface area contributed by atoms with Crippen molar-refractivity contribution in [2.75, 3.05) is 100.0 Å². The van der Waals surface area contributed by atoms with Gasteiger partial charge in [-0.25, -0.2) is 0 Å². The van der Waals surface area contributed by atoms with Crippen LogP contribution in [0.1, 0.15) is 0 Å². The molecular weight excluding hydrogens is 436 g/mol. The van der Waals surface area contributed by atoms with Crippen LogP contribution < -0.4 is 0 Å². The molecular formula is C15H50P5Ru. The molecule has 0 heterocycles. The third kappa shape index (κ3) is 2.49. The maximum atomic E-state index is 2.82. The van der Waals surface area contributed by atoms with E-state index in [1.807, 2.05) is 0 Å². The predicted octanol–water partition coefficient (Wildman–Crippen LogP) is 5.45. The summed E-state index contributed by atoms with van der Waals surface area (Å²) in [5.74, 6) is 0. The Morgan fingerprint density at radius 2 is 0.381 bits per heavy atom. The second kappa shape index (κ2) is 5.90. The minimum atomic E-state index is -2.42. The van der Waals surface area contributed by atoms with E-state index in [1.54, 1.807) is 0 Å². The van der Waals surface area contributed by atoms with Crippen molar-refractivity contribution in [1.29, 1.82) is 0 Å². The molecule has 0 unspecified atom stereocenters. The third-order valence-electron chi connectivity index (χ3n) is 5.30. The molecule has 0 nitrogen and oxygen atoms in total. The average Bonchev–Trinajstić information content (AvgIpc) is 1.85. The first-order chi connectivity index (χ1) is 8.62. The summed E-state index contributed by atoms with van der Waals surface area (Å²) in [4.78, 5) is 0. The molecule has 0 spiro atoms. The first-order valence-electron chi connectivity index (χ1n) is 8.38. The van der Waals surface area contributed by atoms with Gasteiger partial charge in [0.2, 0.25) is 0 Å². The quantitative estimate of drug-likeness (QED) is 0.358. The monoisotopic (exact) mass is 487 g/mol. The Hall–Kier alpha value is 2.77. The van der Waals surface area contributed by atoms with Crippen LogP contribution in [-0.4, -0.2) is 100.0 Å². The molecule has 0 N–H and O–H groups in total. The molecule has 0 fully saturated rings. The molecule has 0 aliphatic carbocycles. The fourth-order valence-corrected chi connectivity index (χ4v) is 424. The van der Waals surface area contributed by atoms with Crippen LogP contribution in [0.3, 0.4) is 0 Å². The maximum absolute atomic E-state index is 2.82. The van der Waals surface area contributed by atoms with Crippen LogP contribution in [0.5, 0.6) is 0 Å². The van der Waals surface area contributed by atoms with E-state index < -0.39 is 39.2 Å². The van der Waals surface area contributed by atoms with Gasteiger partial charge >= 0.3 is 139 Å². The van der Waals surface area contributed by atoms with Crippen molar-refractivity contribution in [3.63, 3.8) is 0 Å². The van der Waals surface area contributed by atoms with Crippen molar-refractivity contribution in [3.8, 4) is 0 Å². The molecule has 21 heavy (non-hydrogen) atoms. The van der Waals surface area contributed by atoms with Crippen LogP contribution in [0.2, 0.25) is 0 Å². The average molecular weight is 487 g/mol.